The Morgan fingerprint density at radius 2 is 1.91 bits per heavy atom. The highest BCUT2D eigenvalue weighted by Gasteiger charge is 2.36. The summed E-state index contributed by atoms with van der Waals surface area (Å²) in [6, 6.07) is 7.35. The van der Waals surface area contributed by atoms with E-state index in [1.165, 1.54) is 6.20 Å². The van der Waals surface area contributed by atoms with E-state index < -0.39 is 7.52 Å². The predicted molar refractivity (Wildman–Crippen MR) is 118 cm³/mol. The van der Waals surface area contributed by atoms with Gasteiger partial charge < -0.3 is 14.9 Å². The summed E-state index contributed by atoms with van der Waals surface area (Å²) in [6.45, 7) is 4.45. The van der Waals surface area contributed by atoms with Crippen LogP contribution < -0.4 is 10.6 Å². The van der Waals surface area contributed by atoms with Crippen LogP contribution in [0.15, 0.2) is 49.1 Å². The monoisotopic (exact) mass is 456 g/mol. The fourth-order valence-corrected chi connectivity index (χ4v) is 5.56. The Kier molecular flexibility index (Phi) is 5.79. The molecule has 2 fully saturated rings. The first kappa shape index (κ1) is 21.2. The molecule has 1 aromatic carbocycles. The standard InChI is InChI=1S/C21H25N6O4P/c28-20(17-12-24-21-22-5-6-26(21)13-17)23-11-16-1-3-19(4-2-16)32(29,30)27-9-7-25(8-10-27)18-14-31-15-18/h1-6,12-13,18H,7-11,14-15H2,(H,23,28)(H,29,30). The Balaban J connectivity index is 1.18. The molecule has 1 amide bonds. The molecule has 0 spiro atoms. The molecule has 2 aliphatic rings. The smallest absolute Gasteiger partial charge is 0.299 e. The van der Waals surface area contributed by atoms with E-state index >= 15 is 0 Å². The van der Waals surface area contributed by atoms with Crippen molar-refractivity contribution in [3.05, 3.63) is 60.2 Å². The highest BCUT2D eigenvalue weighted by Crippen LogP contribution is 2.44. The van der Waals surface area contributed by atoms with E-state index in [4.69, 9.17) is 4.74 Å². The molecule has 168 valence electrons. The lowest BCUT2D eigenvalue weighted by molar-refractivity contribution is -0.0725. The zero-order valence-electron chi connectivity index (χ0n) is 17.5. The third-order valence-electron chi connectivity index (χ3n) is 6.04. The van der Waals surface area contributed by atoms with Crippen LogP contribution in [0.5, 0.6) is 0 Å². The number of benzene rings is 1. The molecule has 11 heteroatoms. The number of ether oxygens (including phenoxy) is 1. The largest absolute Gasteiger partial charge is 0.378 e. The van der Waals surface area contributed by atoms with E-state index in [0.29, 0.717) is 42.3 Å². The molecule has 10 nitrogen and oxygen atoms in total. The highest BCUT2D eigenvalue weighted by molar-refractivity contribution is 7.63. The fraction of sp³-hybridized carbons (Fsp3) is 0.381. The van der Waals surface area contributed by atoms with Crippen molar-refractivity contribution in [2.45, 2.75) is 12.6 Å². The lowest BCUT2D eigenvalue weighted by Gasteiger charge is -2.43. The van der Waals surface area contributed by atoms with Gasteiger partial charge in [-0.2, -0.15) is 0 Å². The van der Waals surface area contributed by atoms with Crippen LogP contribution >= 0.6 is 7.52 Å². The lowest BCUT2D eigenvalue weighted by atomic mass is 10.2. The van der Waals surface area contributed by atoms with Gasteiger partial charge in [0.05, 0.1) is 30.1 Å². The highest BCUT2D eigenvalue weighted by atomic mass is 31.2. The van der Waals surface area contributed by atoms with Crippen molar-refractivity contribution in [3.8, 4) is 0 Å². The maximum atomic E-state index is 13.1. The molecule has 0 radical (unpaired) electrons. The number of rotatable bonds is 6. The molecular weight excluding hydrogens is 431 g/mol. The molecule has 2 saturated heterocycles. The Bertz CT molecular complexity index is 1150. The molecule has 2 N–H and O–H groups in total. The molecule has 2 aromatic heterocycles. The molecule has 32 heavy (non-hydrogen) atoms. The summed E-state index contributed by atoms with van der Waals surface area (Å²) in [5.41, 5.74) is 1.27. The van der Waals surface area contributed by atoms with E-state index in [0.717, 1.165) is 31.9 Å². The number of carbonyl (C=O) groups is 1. The van der Waals surface area contributed by atoms with Crippen LogP contribution in [0, 0.1) is 0 Å². The molecule has 1 atom stereocenters. The number of hydrogen-bond donors (Lipinski definition) is 2. The second-order valence-electron chi connectivity index (χ2n) is 8.05. The van der Waals surface area contributed by atoms with Crippen molar-refractivity contribution >= 4 is 24.5 Å². The number of nitrogens with zero attached hydrogens (tertiary/aromatic N) is 5. The van der Waals surface area contributed by atoms with Crippen molar-refractivity contribution in [1.29, 1.82) is 0 Å². The van der Waals surface area contributed by atoms with E-state index in [2.05, 4.69) is 20.2 Å². The molecule has 3 aromatic rings. The summed E-state index contributed by atoms with van der Waals surface area (Å²) < 4.78 is 21.7. The maximum absolute atomic E-state index is 13.1. The molecule has 0 saturated carbocycles. The van der Waals surface area contributed by atoms with Gasteiger partial charge in [-0.3, -0.25) is 18.7 Å². The van der Waals surface area contributed by atoms with Crippen LogP contribution in [-0.4, -0.2) is 80.2 Å². The third kappa shape index (κ3) is 4.20. The molecule has 0 bridgehead atoms. The number of amides is 1. The number of hydrogen-bond acceptors (Lipinski definition) is 6. The summed E-state index contributed by atoms with van der Waals surface area (Å²) in [6.07, 6.45) is 6.51. The first-order valence-electron chi connectivity index (χ1n) is 10.6. The summed E-state index contributed by atoms with van der Waals surface area (Å²) in [5.74, 6) is 0.281. The van der Waals surface area contributed by atoms with Gasteiger partial charge in [0.15, 0.2) is 0 Å². The average Bonchev–Trinajstić information content (AvgIpc) is 3.25. The van der Waals surface area contributed by atoms with Crippen molar-refractivity contribution < 1.29 is 19.0 Å². The van der Waals surface area contributed by atoms with E-state index in [1.807, 2.05) is 0 Å². The van der Waals surface area contributed by atoms with Gasteiger partial charge >= 0.3 is 0 Å². The van der Waals surface area contributed by atoms with E-state index in [1.54, 1.807) is 51.9 Å². The number of piperazine rings is 1. The molecular formula is C21H25N6O4P. The Morgan fingerprint density at radius 1 is 1.16 bits per heavy atom. The first-order valence-corrected chi connectivity index (χ1v) is 12.2. The SMILES string of the molecule is O=C(NCc1ccc(P(=O)(O)N2CCN(C3COC3)CC2)cc1)c1cnc2nccn2c1. The van der Waals surface area contributed by atoms with Gasteiger partial charge in [-0.15, -0.1) is 0 Å². The molecule has 2 aliphatic heterocycles. The van der Waals surface area contributed by atoms with Crippen LogP contribution in [-0.2, 0) is 15.8 Å². The van der Waals surface area contributed by atoms with Gasteiger partial charge in [0.2, 0.25) is 5.78 Å². The van der Waals surface area contributed by atoms with Gasteiger partial charge in [-0.25, -0.2) is 14.6 Å². The van der Waals surface area contributed by atoms with Crippen LogP contribution in [0.2, 0.25) is 0 Å². The zero-order valence-corrected chi connectivity index (χ0v) is 18.4. The van der Waals surface area contributed by atoms with Gasteiger partial charge in [0, 0.05) is 57.5 Å². The summed E-state index contributed by atoms with van der Waals surface area (Å²) in [7, 11) is -3.62. The minimum absolute atomic E-state index is 0.250. The van der Waals surface area contributed by atoms with Crippen LogP contribution in [0.25, 0.3) is 5.78 Å². The normalized spacial score (nSPS) is 20.0. The Morgan fingerprint density at radius 3 is 2.59 bits per heavy atom. The van der Waals surface area contributed by atoms with Crippen LogP contribution in [0.1, 0.15) is 15.9 Å². The first-order chi connectivity index (χ1) is 15.5. The number of imidazole rings is 1. The number of carbonyl (C=O) groups excluding carboxylic acids is 1. The lowest BCUT2D eigenvalue weighted by Crippen LogP contribution is -2.56. The third-order valence-corrected chi connectivity index (χ3v) is 8.18. The quantitative estimate of drug-likeness (QED) is 0.516. The van der Waals surface area contributed by atoms with E-state index in [9.17, 15) is 14.3 Å². The van der Waals surface area contributed by atoms with E-state index in [-0.39, 0.29) is 5.91 Å². The maximum Gasteiger partial charge on any atom is 0.299 e. The molecule has 4 heterocycles. The molecule has 5 rings (SSSR count). The Hall–Kier alpha value is -2.62. The minimum Gasteiger partial charge on any atom is -0.378 e. The van der Waals surface area contributed by atoms with Gasteiger partial charge in [-0.1, -0.05) is 12.1 Å². The Labute approximate surface area is 185 Å². The van der Waals surface area contributed by atoms with Gasteiger partial charge in [-0.05, 0) is 17.7 Å². The van der Waals surface area contributed by atoms with Gasteiger partial charge in [0.25, 0.3) is 13.4 Å². The number of aromatic nitrogens is 3. The number of nitrogens with one attached hydrogen (secondary N) is 1. The van der Waals surface area contributed by atoms with Crippen molar-refractivity contribution in [2.75, 3.05) is 39.4 Å². The topological polar surface area (TPSA) is 112 Å². The van der Waals surface area contributed by atoms with Crippen LogP contribution in [0.3, 0.4) is 0 Å². The summed E-state index contributed by atoms with van der Waals surface area (Å²) in [4.78, 5) is 33.7. The predicted octanol–water partition coefficient (Wildman–Crippen LogP) is 0.486. The minimum atomic E-state index is -3.62. The van der Waals surface area contributed by atoms with Crippen molar-refractivity contribution in [2.24, 2.45) is 0 Å². The second-order valence-corrected chi connectivity index (χ2v) is 10.2. The molecule has 0 aliphatic carbocycles. The fourth-order valence-electron chi connectivity index (χ4n) is 3.97. The zero-order chi connectivity index (χ0) is 22.1. The van der Waals surface area contributed by atoms with Crippen molar-refractivity contribution in [3.63, 3.8) is 0 Å². The average molecular weight is 456 g/mol. The summed E-state index contributed by atoms with van der Waals surface area (Å²) in [5, 5.41) is 3.26. The summed E-state index contributed by atoms with van der Waals surface area (Å²) >= 11 is 0. The molecule has 1 unspecified atom stereocenters. The van der Waals surface area contributed by atoms with Gasteiger partial charge in [0.1, 0.15) is 0 Å². The van der Waals surface area contributed by atoms with Crippen molar-refractivity contribution in [1.82, 2.24) is 29.3 Å². The second kappa shape index (κ2) is 8.73. The van der Waals surface area contributed by atoms with Crippen LogP contribution in [0.4, 0.5) is 0 Å². The number of fused-ring (bicyclic) bond motifs is 1.